The molecule has 0 amide bonds. The first kappa shape index (κ1) is 10.9. The van der Waals surface area contributed by atoms with Crippen LogP contribution in [-0.2, 0) is 0 Å². The van der Waals surface area contributed by atoms with Crippen LogP contribution in [0.15, 0.2) is 41.0 Å². The fourth-order valence-electron chi connectivity index (χ4n) is 1.33. The normalized spacial score (nSPS) is 10.1. The first-order valence-electron chi connectivity index (χ1n) is 4.61. The molecule has 0 fully saturated rings. The van der Waals surface area contributed by atoms with Gasteiger partial charge < -0.3 is 9.94 Å². The van der Waals surface area contributed by atoms with Crippen molar-refractivity contribution >= 4 is 15.9 Å². The molecule has 2 rings (SSSR count). The standard InChI is InChI=1S/C11H9BrN2O2/c1-16-10-6-5-8(12)11(13-10)9-4-2-3-7-14(9)15/h2-7H,1H3. The highest BCUT2D eigenvalue weighted by molar-refractivity contribution is 9.10. The van der Waals surface area contributed by atoms with Crippen LogP contribution in [0.3, 0.4) is 0 Å². The van der Waals surface area contributed by atoms with Crippen LogP contribution < -0.4 is 9.47 Å². The van der Waals surface area contributed by atoms with Crippen LogP contribution in [0, 0.1) is 5.21 Å². The minimum Gasteiger partial charge on any atom is -0.618 e. The Kier molecular flexibility index (Phi) is 3.05. The van der Waals surface area contributed by atoms with E-state index in [-0.39, 0.29) is 0 Å². The van der Waals surface area contributed by atoms with Crippen LogP contribution in [0.4, 0.5) is 0 Å². The predicted octanol–water partition coefficient (Wildman–Crippen LogP) is 2.15. The molecule has 2 heterocycles. The molecule has 82 valence electrons. The fraction of sp³-hybridized carbons (Fsp3) is 0.0909. The van der Waals surface area contributed by atoms with Crippen LogP contribution in [0.2, 0.25) is 0 Å². The molecule has 4 nitrogen and oxygen atoms in total. The number of methoxy groups -OCH3 is 1. The lowest BCUT2D eigenvalue weighted by molar-refractivity contribution is -0.593. The molecule has 0 saturated heterocycles. The number of pyridine rings is 2. The maximum Gasteiger partial charge on any atom is 0.243 e. The van der Waals surface area contributed by atoms with E-state index in [0.717, 1.165) is 9.20 Å². The topological polar surface area (TPSA) is 49.1 Å². The van der Waals surface area contributed by atoms with Crippen LogP contribution in [-0.4, -0.2) is 12.1 Å². The molecule has 16 heavy (non-hydrogen) atoms. The van der Waals surface area contributed by atoms with E-state index in [9.17, 15) is 5.21 Å². The van der Waals surface area contributed by atoms with Crippen molar-refractivity contribution in [3.05, 3.63) is 46.2 Å². The molecule has 0 aliphatic rings. The predicted molar refractivity (Wildman–Crippen MR) is 62.9 cm³/mol. The summed E-state index contributed by atoms with van der Waals surface area (Å²) >= 11 is 3.36. The Morgan fingerprint density at radius 3 is 2.81 bits per heavy atom. The third kappa shape index (κ3) is 1.99. The van der Waals surface area contributed by atoms with Gasteiger partial charge in [-0.2, -0.15) is 4.73 Å². The number of rotatable bonds is 2. The number of nitrogens with zero attached hydrogens (tertiary/aromatic N) is 2. The van der Waals surface area contributed by atoms with Crippen molar-refractivity contribution in [2.75, 3.05) is 7.11 Å². The van der Waals surface area contributed by atoms with Crippen molar-refractivity contribution in [2.45, 2.75) is 0 Å². The molecule has 0 spiro atoms. The Labute approximate surface area is 101 Å². The van der Waals surface area contributed by atoms with Gasteiger partial charge in [-0.1, -0.05) is 0 Å². The van der Waals surface area contributed by atoms with Gasteiger partial charge in [0.1, 0.15) is 0 Å². The molecule has 0 saturated carbocycles. The highest BCUT2D eigenvalue weighted by Gasteiger charge is 2.14. The van der Waals surface area contributed by atoms with Crippen molar-refractivity contribution < 1.29 is 9.47 Å². The third-order valence-corrected chi connectivity index (χ3v) is 2.74. The number of hydrogen-bond donors (Lipinski definition) is 0. The number of ether oxygens (including phenoxy) is 1. The van der Waals surface area contributed by atoms with Gasteiger partial charge in [-0.05, 0) is 28.1 Å². The molecular weight excluding hydrogens is 272 g/mol. The molecule has 0 radical (unpaired) electrons. The third-order valence-electron chi connectivity index (χ3n) is 2.10. The van der Waals surface area contributed by atoms with Gasteiger partial charge >= 0.3 is 0 Å². The van der Waals surface area contributed by atoms with Gasteiger partial charge in [0.05, 0.1) is 11.6 Å². The second-order valence-electron chi connectivity index (χ2n) is 3.10. The Morgan fingerprint density at radius 2 is 2.12 bits per heavy atom. The zero-order valence-corrected chi connectivity index (χ0v) is 10.1. The summed E-state index contributed by atoms with van der Waals surface area (Å²) in [5, 5.41) is 11.6. The highest BCUT2D eigenvalue weighted by Crippen LogP contribution is 2.25. The average molecular weight is 281 g/mol. The van der Waals surface area contributed by atoms with Gasteiger partial charge in [-0.25, -0.2) is 4.98 Å². The summed E-state index contributed by atoms with van der Waals surface area (Å²) in [4.78, 5) is 4.23. The maximum absolute atomic E-state index is 11.6. The lowest BCUT2D eigenvalue weighted by Gasteiger charge is -2.06. The molecule has 0 aromatic carbocycles. The smallest absolute Gasteiger partial charge is 0.243 e. The van der Waals surface area contributed by atoms with Crippen molar-refractivity contribution in [3.8, 4) is 17.3 Å². The number of hydrogen-bond acceptors (Lipinski definition) is 3. The molecule has 0 unspecified atom stereocenters. The van der Waals surface area contributed by atoms with E-state index in [0.29, 0.717) is 17.3 Å². The van der Waals surface area contributed by atoms with Gasteiger partial charge in [0.25, 0.3) is 0 Å². The first-order valence-corrected chi connectivity index (χ1v) is 5.41. The fourth-order valence-corrected chi connectivity index (χ4v) is 1.75. The minimum atomic E-state index is 0.474. The summed E-state index contributed by atoms with van der Waals surface area (Å²) in [5.41, 5.74) is 1.04. The van der Waals surface area contributed by atoms with E-state index in [1.165, 1.54) is 13.3 Å². The second kappa shape index (κ2) is 4.49. The average Bonchev–Trinajstić information content (AvgIpc) is 2.31. The monoisotopic (exact) mass is 280 g/mol. The van der Waals surface area contributed by atoms with E-state index < -0.39 is 0 Å². The van der Waals surface area contributed by atoms with E-state index in [2.05, 4.69) is 20.9 Å². The van der Waals surface area contributed by atoms with Crippen molar-refractivity contribution in [1.82, 2.24) is 4.98 Å². The summed E-state index contributed by atoms with van der Waals surface area (Å²) in [6.07, 6.45) is 1.43. The van der Waals surface area contributed by atoms with Crippen molar-refractivity contribution in [2.24, 2.45) is 0 Å². The minimum absolute atomic E-state index is 0.474. The van der Waals surface area contributed by atoms with Crippen molar-refractivity contribution in [3.63, 3.8) is 0 Å². The number of halogens is 1. The Balaban J connectivity index is 2.59. The lowest BCUT2D eigenvalue weighted by atomic mass is 10.2. The van der Waals surface area contributed by atoms with Gasteiger partial charge in [-0.15, -0.1) is 0 Å². The summed E-state index contributed by atoms with van der Waals surface area (Å²) in [6, 6.07) is 8.70. The Bertz CT molecular complexity index is 517. The van der Waals surface area contributed by atoms with Crippen LogP contribution in [0.1, 0.15) is 0 Å². The Morgan fingerprint density at radius 1 is 1.31 bits per heavy atom. The van der Waals surface area contributed by atoms with Crippen LogP contribution >= 0.6 is 15.9 Å². The molecule has 0 aliphatic carbocycles. The molecule has 2 aromatic rings. The Hall–Kier alpha value is -1.62. The van der Waals surface area contributed by atoms with Gasteiger partial charge in [0.15, 0.2) is 11.9 Å². The van der Waals surface area contributed by atoms with Crippen LogP contribution in [0.5, 0.6) is 5.88 Å². The van der Waals surface area contributed by atoms with E-state index in [1.54, 1.807) is 30.3 Å². The summed E-state index contributed by atoms with van der Waals surface area (Å²) in [7, 11) is 1.54. The quantitative estimate of drug-likeness (QED) is 0.626. The molecular formula is C11H9BrN2O2. The van der Waals surface area contributed by atoms with Gasteiger partial charge in [-0.3, -0.25) is 0 Å². The molecule has 2 aromatic heterocycles. The van der Waals surface area contributed by atoms with E-state index >= 15 is 0 Å². The molecule has 0 aliphatic heterocycles. The molecule has 5 heteroatoms. The summed E-state index contributed by atoms with van der Waals surface area (Å²) in [6.45, 7) is 0. The molecule has 0 bridgehead atoms. The zero-order valence-electron chi connectivity index (χ0n) is 8.55. The lowest BCUT2D eigenvalue weighted by Crippen LogP contribution is -2.28. The largest absolute Gasteiger partial charge is 0.618 e. The van der Waals surface area contributed by atoms with Crippen molar-refractivity contribution in [1.29, 1.82) is 0 Å². The van der Waals surface area contributed by atoms with Gasteiger partial charge in [0, 0.05) is 18.2 Å². The summed E-state index contributed by atoms with van der Waals surface area (Å²) < 4.78 is 6.55. The van der Waals surface area contributed by atoms with E-state index in [1.807, 2.05) is 0 Å². The first-order chi connectivity index (χ1) is 7.72. The summed E-state index contributed by atoms with van der Waals surface area (Å²) in [5.74, 6) is 0.474. The second-order valence-corrected chi connectivity index (χ2v) is 3.95. The number of aromatic nitrogens is 2. The van der Waals surface area contributed by atoms with Crippen LogP contribution in [0.25, 0.3) is 11.4 Å². The highest BCUT2D eigenvalue weighted by atomic mass is 79.9. The molecule has 0 atom stereocenters. The maximum atomic E-state index is 11.6. The zero-order chi connectivity index (χ0) is 11.5. The SMILES string of the molecule is COc1ccc(Br)c(-c2cccc[n+]2[O-])n1. The van der Waals surface area contributed by atoms with E-state index in [4.69, 9.17) is 4.74 Å². The van der Waals surface area contributed by atoms with Gasteiger partial charge in [0.2, 0.25) is 11.6 Å². The molecule has 0 N–H and O–H groups in total.